The SMILES string of the molecule is Nc1ncnc2c1ncn2[C@@H]1O[C@@]2(COP(=O)(S)O[C@@H]3[C@H](O)[C@@H](CO)O[C@H]3n3ccc(=O)n4ccnc34)CO[C@@H]1[C@@H]2O. The Morgan fingerprint density at radius 3 is 2.83 bits per heavy atom. The maximum absolute atomic E-state index is 13.5. The van der Waals surface area contributed by atoms with Crippen molar-refractivity contribution in [2.45, 2.75) is 48.6 Å². The highest BCUT2D eigenvalue weighted by Crippen LogP contribution is 2.58. The Morgan fingerprint density at radius 2 is 2.02 bits per heavy atom. The number of fused-ring (bicyclic) bond motifs is 4. The van der Waals surface area contributed by atoms with Crippen molar-refractivity contribution in [2.75, 3.05) is 25.6 Å². The number of nitrogen functional groups attached to an aromatic ring is 1. The molecule has 4 aromatic rings. The van der Waals surface area contributed by atoms with Crippen LogP contribution < -0.4 is 11.3 Å². The smallest absolute Gasteiger partial charge is 0.386 e. The number of nitrogens with zero attached hydrogens (tertiary/aromatic N) is 7. The molecule has 2 bridgehead atoms. The van der Waals surface area contributed by atoms with Crippen molar-refractivity contribution >= 4 is 41.8 Å². The van der Waals surface area contributed by atoms with Gasteiger partial charge in [-0.15, -0.1) is 0 Å². The molecule has 0 spiro atoms. The zero-order chi connectivity index (χ0) is 29.4. The van der Waals surface area contributed by atoms with E-state index in [9.17, 15) is 24.7 Å². The van der Waals surface area contributed by atoms with Crippen LogP contribution in [0.5, 0.6) is 0 Å². The van der Waals surface area contributed by atoms with Gasteiger partial charge in [0.2, 0.25) is 5.78 Å². The van der Waals surface area contributed by atoms with Crippen LogP contribution in [0.3, 0.4) is 0 Å². The first-order chi connectivity index (χ1) is 20.1. The first kappa shape index (κ1) is 27.8. The van der Waals surface area contributed by atoms with Gasteiger partial charge in [0.25, 0.3) is 5.56 Å². The number of hydrogen-bond donors (Lipinski definition) is 5. The van der Waals surface area contributed by atoms with Crippen molar-refractivity contribution in [3.63, 3.8) is 0 Å². The van der Waals surface area contributed by atoms with Crippen LogP contribution in [0.1, 0.15) is 12.5 Å². The van der Waals surface area contributed by atoms with Crippen LogP contribution in [0.25, 0.3) is 16.9 Å². The first-order valence-corrected chi connectivity index (χ1v) is 15.4. The van der Waals surface area contributed by atoms with E-state index >= 15 is 0 Å². The fraction of sp³-hybridized carbons (Fsp3) is 0.500. The molecule has 20 heteroatoms. The van der Waals surface area contributed by atoms with Crippen LogP contribution in [-0.4, -0.2) is 105 Å². The normalized spacial score (nSPS) is 34.0. The number of nitrogens with two attached hydrogens (primary N) is 1. The van der Waals surface area contributed by atoms with E-state index in [0.29, 0.717) is 11.2 Å². The van der Waals surface area contributed by atoms with Gasteiger partial charge < -0.3 is 35.3 Å². The van der Waals surface area contributed by atoms with Gasteiger partial charge in [0, 0.05) is 24.7 Å². The molecule has 42 heavy (non-hydrogen) atoms. The Bertz CT molecular complexity index is 1770. The van der Waals surface area contributed by atoms with Crippen LogP contribution in [0.2, 0.25) is 0 Å². The van der Waals surface area contributed by atoms with Crippen LogP contribution in [-0.2, 0) is 27.8 Å². The molecule has 0 radical (unpaired) electrons. The predicted octanol–water partition coefficient (Wildman–Crippen LogP) is -1.36. The molecule has 7 heterocycles. The molecule has 3 saturated heterocycles. The van der Waals surface area contributed by atoms with Crippen molar-refractivity contribution in [3.05, 3.63) is 47.7 Å². The Kier molecular flexibility index (Phi) is 6.66. The topological polar surface area (TPSA) is 233 Å². The van der Waals surface area contributed by atoms with Crippen LogP contribution in [0, 0.1) is 0 Å². The Balaban J connectivity index is 1.11. The van der Waals surface area contributed by atoms with Gasteiger partial charge in [-0.3, -0.25) is 27.4 Å². The number of imidazole rings is 2. The molecule has 4 aromatic heterocycles. The summed E-state index contributed by atoms with van der Waals surface area (Å²) >= 11 is 4.10. The lowest BCUT2D eigenvalue weighted by atomic mass is 10.0. The highest BCUT2D eigenvalue weighted by atomic mass is 32.7. The number of anilines is 1. The monoisotopic (exact) mass is 624 g/mol. The molecule has 18 nitrogen and oxygen atoms in total. The predicted molar refractivity (Wildman–Crippen MR) is 142 cm³/mol. The first-order valence-electron chi connectivity index (χ1n) is 12.7. The summed E-state index contributed by atoms with van der Waals surface area (Å²) in [6, 6.07) is 1.25. The van der Waals surface area contributed by atoms with Crippen molar-refractivity contribution in [3.8, 4) is 0 Å². The van der Waals surface area contributed by atoms with Crippen molar-refractivity contribution in [1.82, 2.24) is 33.5 Å². The second-order valence-corrected chi connectivity index (χ2v) is 13.0. The van der Waals surface area contributed by atoms with Gasteiger partial charge >= 0.3 is 6.80 Å². The molecule has 9 atom stereocenters. The van der Waals surface area contributed by atoms with E-state index in [2.05, 4.69) is 32.2 Å². The fourth-order valence-electron chi connectivity index (χ4n) is 5.53. The molecule has 0 aromatic carbocycles. The molecule has 0 aliphatic carbocycles. The quantitative estimate of drug-likeness (QED) is 0.112. The fourth-order valence-corrected chi connectivity index (χ4v) is 7.00. The molecule has 0 amide bonds. The molecule has 224 valence electrons. The van der Waals surface area contributed by atoms with E-state index in [0.717, 1.165) is 0 Å². The number of aromatic nitrogens is 7. The lowest BCUT2D eigenvalue weighted by Crippen LogP contribution is -2.45. The highest BCUT2D eigenvalue weighted by molar-refractivity contribution is 8.44. The third kappa shape index (κ3) is 4.28. The molecule has 5 N–H and O–H groups in total. The molecule has 7 rings (SSSR count). The standard InChI is InChI=1S/C22H25N8O10PS/c23-17-12-18(26-8-25-17)30(9-27-12)20-15-16(34)22(39-20,6-36-15)7-37-41(35,42)40-14-13(33)10(5-31)38-19(14)29-3-1-11(32)28-4-2-24-21(28)29/h1-4,8-10,13-16,19-20,31,33-34H,5-7H2,(H,35,42)(H2,23,25,26)/t10-,13-,14-,15-,16+,19-,20-,22-,41?/m1/s1. The number of aliphatic hydroxyl groups excluding tert-OH is 3. The Morgan fingerprint density at radius 1 is 1.19 bits per heavy atom. The minimum Gasteiger partial charge on any atom is -0.394 e. The molecule has 3 aliphatic heterocycles. The summed E-state index contributed by atoms with van der Waals surface area (Å²) < 4.78 is 46.7. The number of rotatable bonds is 8. The van der Waals surface area contributed by atoms with Crippen LogP contribution >= 0.6 is 19.0 Å². The van der Waals surface area contributed by atoms with E-state index in [1.165, 1.54) is 46.3 Å². The van der Waals surface area contributed by atoms with Gasteiger partial charge in [-0.2, -0.15) is 0 Å². The van der Waals surface area contributed by atoms with E-state index in [1.54, 1.807) is 4.57 Å². The summed E-state index contributed by atoms with van der Waals surface area (Å²) in [4.78, 5) is 28.7. The summed E-state index contributed by atoms with van der Waals surface area (Å²) in [5, 5.41) is 31.7. The molecule has 1 unspecified atom stereocenters. The van der Waals surface area contributed by atoms with E-state index in [1.807, 2.05) is 0 Å². The maximum atomic E-state index is 13.5. The summed E-state index contributed by atoms with van der Waals surface area (Å²) in [5.74, 6) is 0.326. The lowest BCUT2D eigenvalue weighted by molar-refractivity contribution is -0.183. The molecule has 3 aliphatic rings. The van der Waals surface area contributed by atoms with Gasteiger partial charge in [-0.05, 0) is 0 Å². The zero-order valence-corrected chi connectivity index (χ0v) is 23.2. The average molecular weight is 625 g/mol. The maximum Gasteiger partial charge on any atom is 0.386 e. The summed E-state index contributed by atoms with van der Waals surface area (Å²) in [6.07, 6.45) is -1.10. The van der Waals surface area contributed by atoms with Crippen LogP contribution in [0.15, 0.2) is 42.1 Å². The van der Waals surface area contributed by atoms with Gasteiger partial charge in [-0.25, -0.2) is 24.5 Å². The van der Waals surface area contributed by atoms with Gasteiger partial charge in [-0.1, -0.05) is 12.2 Å². The number of aliphatic hydroxyl groups is 3. The van der Waals surface area contributed by atoms with E-state index in [-0.39, 0.29) is 23.8 Å². The zero-order valence-electron chi connectivity index (χ0n) is 21.4. The number of ether oxygens (including phenoxy) is 3. The third-order valence-corrected chi connectivity index (χ3v) is 9.22. The minimum absolute atomic E-state index is 0.0908. The second kappa shape index (κ2) is 10.1. The van der Waals surface area contributed by atoms with Crippen molar-refractivity contribution in [1.29, 1.82) is 0 Å². The Labute approximate surface area is 240 Å². The Hall–Kier alpha value is -2.97. The van der Waals surface area contributed by atoms with E-state index in [4.69, 9.17) is 29.0 Å². The van der Waals surface area contributed by atoms with Crippen molar-refractivity contribution < 1.29 is 43.1 Å². The molecular weight excluding hydrogens is 599 g/mol. The lowest BCUT2D eigenvalue weighted by Gasteiger charge is -2.32. The largest absolute Gasteiger partial charge is 0.394 e. The highest BCUT2D eigenvalue weighted by Gasteiger charge is 2.63. The number of thiol groups is 1. The summed E-state index contributed by atoms with van der Waals surface area (Å²) in [6.45, 7) is -5.44. The van der Waals surface area contributed by atoms with E-state index < -0.39 is 68.6 Å². The van der Waals surface area contributed by atoms with Crippen molar-refractivity contribution in [2.24, 2.45) is 0 Å². The van der Waals surface area contributed by atoms with Crippen LogP contribution in [0.4, 0.5) is 5.82 Å². The average Bonchev–Trinajstić information content (AvgIpc) is 3.78. The summed E-state index contributed by atoms with van der Waals surface area (Å²) in [7, 11) is 0. The molecular formula is C22H25N8O10PS. The third-order valence-electron chi connectivity index (χ3n) is 7.63. The minimum atomic E-state index is -4.30. The van der Waals surface area contributed by atoms with Gasteiger partial charge in [0.1, 0.15) is 48.0 Å². The second-order valence-electron chi connectivity index (χ2n) is 10.1. The van der Waals surface area contributed by atoms with Gasteiger partial charge in [0.15, 0.2) is 23.9 Å². The summed E-state index contributed by atoms with van der Waals surface area (Å²) in [5.41, 5.74) is 4.78. The van der Waals surface area contributed by atoms with Gasteiger partial charge in [0.05, 0.1) is 26.1 Å². The number of hydrogen-bond acceptors (Lipinski definition) is 15. The molecule has 0 saturated carbocycles. The molecule has 3 fully saturated rings.